The van der Waals surface area contributed by atoms with Gasteiger partial charge in [0.2, 0.25) is 6.23 Å². The summed E-state index contributed by atoms with van der Waals surface area (Å²) in [6.07, 6.45) is -0.609. The number of rotatable bonds is 8. The van der Waals surface area contributed by atoms with Gasteiger partial charge in [0.1, 0.15) is 11.5 Å². The Morgan fingerprint density at radius 3 is 1.97 bits per heavy atom. The summed E-state index contributed by atoms with van der Waals surface area (Å²) in [4.78, 5) is 15.5. The van der Waals surface area contributed by atoms with Crippen molar-refractivity contribution in [2.75, 3.05) is 7.11 Å². The second-order valence-electron chi connectivity index (χ2n) is 7.84. The molecular formula is C29H27NO3. The van der Waals surface area contributed by atoms with E-state index in [1.165, 1.54) is 0 Å². The highest BCUT2D eigenvalue weighted by molar-refractivity contribution is 5.94. The lowest BCUT2D eigenvalue weighted by Crippen LogP contribution is -2.37. The predicted molar refractivity (Wildman–Crippen MR) is 130 cm³/mol. The fraction of sp³-hybridized carbons (Fsp3) is 0.138. The molecule has 0 N–H and O–H groups in total. The van der Waals surface area contributed by atoms with Crippen LogP contribution in [0.15, 0.2) is 109 Å². The van der Waals surface area contributed by atoms with E-state index >= 15 is 0 Å². The first-order chi connectivity index (χ1) is 16.1. The average molecular weight is 438 g/mol. The minimum atomic E-state index is -0.609. The Labute approximate surface area is 195 Å². The van der Waals surface area contributed by atoms with Gasteiger partial charge in [0, 0.05) is 17.7 Å². The van der Waals surface area contributed by atoms with Crippen molar-refractivity contribution in [2.45, 2.75) is 19.7 Å². The molecule has 0 aliphatic rings. The molecule has 1 unspecified atom stereocenters. The third-order valence-corrected chi connectivity index (χ3v) is 5.43. The standard InChI is InChI=1S/C29H27NO3/c1-22-13-17-25(18-14-22)29(33-27-11-7-4-8-12-27)30(28(31)24-9-5-3-6-10-24)21-23-15-19-26(32-2)20-16-23/h3-20,29H,21H2,1-2H3. The smallest absolute Gasteiger partial charge is 0.257 e. The largest absolute Gasteiger partial charge is 0.497 e. The third kappa shape index (κ3) is 5.60. The van der Waals surface area contributed by atoms with Crippen LogP contribution in [0, 0.1) is 6.92 Å². The molecule has 33 heavy (non-hydrogen) atoms. The van der Waals surface area contributed by atoms with Crippen molar-refractivity contribution in [3.05, 3.63) is 131 Å². The van der Waals surface area contributed by atoms with Gasteiger partial charge in [-0.3, -0.25) is 9.69 Å². The number of benzene rings is 4. The summed E-state index contributed by atoms with van der Waals surface area (Å²) in [5.41, 5.74) is 3.64. The van der Waals surface area contributed by atoms with Crippen LogP contribution in [0.5, 0.6) is 11.5 Å². The maximum atomic E-state index is 13.8. The molecule has 0 aromatic heterocycles. The van der Waals surface area contributed by atoms with Gasteiger partial charge in [-0.1, -0.05) is 78.4 Å². The molecule has 0 saturated heterocycles. The molecule has 4 heteroatoms. The zero-order chi connectivity index (χ0) is 23.0. The monoisotopic (exact) mass is 437 g/mol. The van der Waals surface area contributed by atoms with Gasteiger partial charge in [-0.25, -0.2) is 0 Å². The van der Waals surface area contributed by atoms with E-state index in [0.29, 0.717) is 17.9 Å². The first-order valence-electron chi connectivity index (χ1n) is 10.9. The van der Waals surface area contributed by atoms with E-state index in [2.05, 4.69) is 0 Å². The summed E-state index contributed by atoms with van der Waals surface area (Å²) in [5.74, 6) is 1.37. The molecular weight excluding hydrogens is 410 g/mol. The number of hydrogen-bond donors (Lipinski definition) is 0. The summed E-state index contributed by atoms with van der Waals surface area (Å²) >= 11 is 0. The first-order valence-corrected chi connectivity index (χ1v) is 10.9. The van der Waals surface area contributed by atoms with Crippen molar-refractivity contribution in [2.24, 2.45) is 0 Å². The summed E-state index contributed by atoms with van der Waals surface area (Å²) in [5, 5.41) is 0. The topological polar surface area (TPSA) is 38.8 Å². The van der Waals surface area contributed by atoms with E-state index in [4.69, 9.17) is 9.47 Å². The summed E-state index contributed by atoms with van der Waals surface area (Å²) in [6.45, 7) is 2.42. The van der Waals surface area contributed by atoms with E-state index in [1.54, 1.807) is 12.0 Å². The number of amides is 1. The maximum absolute atomic E-state index is 13.8. The van der Waals surface area contributed by atoms with Crippen molar-refractivity contribution in [1.82, 2.24) is 4.90 Å². The number of carbonyl (C=O) groups is 1. The molecule has 0 aliphatic carbocycles. The number of aryl methyl sites for hydroxylation is 1. The Balaban J connectivity index is 1.76. The van der Waals surface area contributed by atoms with E-state index in [1.807, 2.05) is 116 Å². The third-order valence-electron chi connectivity index (χ3n) is 5.43. The van der Waals surface area contributed by atoms with E-state index in [-0.39, 0.29) is 5.91 Å². The molecule has 0 spiro atoms. The van der Waals surface area contributed by atoms with Gasteiger partial charge >= 0.3 is 0 Å². The van der Waals surface area contributed by atoms with E-state index in [9.17, 15) is 4.79 Å². The van der Waals surface area contributed by atoms with Gasteiger partial charge in [0.05, 0.1) is 7.11 Å². The van der Waals surface area contributed by atoms with Crippen molar-refractivity contribution in [3.8, 4) is 11.5 Å². The first kappa shape index (κ1) is 22.2. The molecule has 4 aromatic rings. The average Bonchev–Trinajstić information content (AvgIpc) is 2.88. The highest BCUT2D eigenvalue weighted by atomic mass is 16.5. The number of carbonyl (C=O) groups excluding carboxylic acids is 1. The second kappa shape index (κ2) is 10.5. The normalized spacial score (nSPS) is 11.5. The minimum absolute atomic E-state index is 0.104. The van der Waals surface area contributed by atoms with Crippen LogP contribution >= 0.6 is 0 Å². The van der Waals surface area contributed by atoms with E-state index < -0.39 is 6.23 Å². The van der Waals surface area contributed by atoms with Crippen LogP contribution in [-0.2, 0) is 6.54 Å². The lowest BCUT2D eigenvalue weighted by atomic mass is 10.1. The summed E-state index contributed by atoms with van der Waals surface area (Å²) in [7, 11) is 1.64. The van der Waals surface area contributed by atoms with Crippen LogP contribution in [0.1, 0.15) is 33.3 Å². The lowest BCUT2D eigenvalue weighted by Gasteiger charge is -2.33. The number of methoxy groups -OCH3 is 1. The van der Waals surface area contributed by atoms with Crippen LogP contribution in [-0.4, -0.2) is 17.9 Å². The summed E-state index contributed by atoms with van der Waals surface area (Å²) in [6, 6.07) is 34.8. The molecule has 0 heterocycles. The molecule has 1 atom stereocenters. The van der Waals surface area contributed by atoms with Crippen LogP contribution in [0.4, 0.5) is 0 Å². The Morgan fingerprint density at radius 1 is 0.758 bits per heavy atom. The van der Waals surface area contributed by atoms with Crippen LogP contribution in [0.3, 0.4) is 0 Å². The van der Waals surface area contributed by atoms with Crippen molar-refractivity contribution in [1.29, 1.82) is 0 Å². The van der Waals surface area contributed by atoms with Gasteiger partial charge in [-0.2, -0.15) is 0 Å². The number of ether oxygens (including phenoxy) is 2. The number of hydrogen-bond acceptors (Lipinski definition) is 3. The zero-order valence-electron chi connectivity index (χ0n) is 18.8. The van der Waals surface area contributed by atoms with Crippen molar-refractivity contribution < 1.29 is 14.3 Å². The highest BCUT2D eigenvalue weighted by Crippen LogP contribution is 2.29. The maximum Gasteiger partial charge on any atom is 0.257 e. The van der Waals surface area contributed by atoms with Crippen molar-refractivity contribution >= 4 is 5.91 Å². The fourth-order valence-electron chi connectivity index (χ4n) is 3.61. The number of para-hydroxylation sites is 1. The molecule has 166 valence electrons. The van der Waals surface area contributed by atoms with Gasteiger partial charge < -0.3 is 9.47 Å². The molecule has 0 radical (unpaired) electrons. The predicted octanol–water partition coefficient (Wildman–Crippen LogP) is 6.42. The molecule has 4 nitrogen and oxygen atoms in total. The van der Waals surface area contributed by atoms with Crippen LogP contribution in [0.2, 0.25) is 0 Å². The Hall–Kier alpha value is -4.05. The van der Waals surface area contributed by atoms with Crippen LogP contribution < -0.4 is 9.47 Å². The Morgan fingerprint density at radius 2 is 1.36 bits per heavy atom. The van der Waals surface area contributed by atoms with Crippen LogP contribution in [0.25, 0.3) is 0 Å². The van der Waals surface area contributed by atoms with Gasteiger partial charge in [0.15, 0.2) is 0 Å². The second-order valence-corrected chi connectivity index (χ2v) is 7.84. The SMILES string of the molecule is COc1ccc(CN(C(=O)c2ccccc2)C(Oc2ccccc2)c2ccc(C)cc2)cc1. The highest BCUT2D eigenvalue weighted by Gasteiger charge is 2.28. The molecule has 4 aromatic carbocycles. The van der Waals surface area contributed by atoms with Gasteiger partial charge in [-0.05, 0) is 48.9 Å². The molecule has 0 saturated carbocycles. The Kier molecular flexibility index (Phi) is 7.06. The Bertz CT molecular complexity index is 1160. The molecule has 4 rings (SSSR count). The molecule has 1 amide bonds. The lowest BCUT2D eigenvalue weighted by molar-refractivity contribution is 0.0161. The van der Waals surface area contributed by atoms with Crippen molar-refractivity contribution in [3.63, 3.8) is 0 Å². The zero-order valence-corrected chi connectivity index (χ0v) is 18.8. The quantitative estimate of drug-likeness (QED) is 0.298. The van der Waals surface area contributed by atoms with Gasteiger partial charge in [-0.15, -0.1) is 0 Å². The fourth-order valence-corrected chi connectivity index (χ4v) is 3.61. The summed E-state index contributed by atoms with van der Waals surface area (Å²) < 4.78 is 11.7. The minimum Gasteiger partial charge on any atom is -0.497 e. The van der Waals surface area contributed by atoms with Gasteiger partial charge in [0.25, 0.3) is 5.91 Å². The molecule has 0 aliphatic heterocycles. The number of nitrogens with zero attached hydrogens (tertiary/aromatic N) is 1. The van der Waals surface area contributed by atoms with E-state index in [0.717, 1.165) is 22.4 Å². The molecule has 0 fully saturated rings. The molecule has 0 bridgehead atoms.